The van der Waals surface area contributed by atoms with Crippen LogP contribution in [0.25, 0.3) is 0 Å². The lowest BCUT2D eigenvalue weighted by molar-refractivity contribution is -0.0498. The lowest BCUT2D eigenvalue weighted by Gasteiger charge is -2.11. The summed E-state index contributed by atoms with van der Waals surface area (Å²) in [5.41, 5.74) is 0.663. The average Bonchev–Trinajstić information content (AvgIpc) is 2.55. The van der Waals surface area contributed by atoms with E-state index >= 15 is 0 Å². The molecule has 0 bridgehead atoms. The molecule has 0 aliphatic rings. The molecule has 1 amide bonds. The molecule has 126 valence electrons. The largest absolute Gasteiger partial charge is 0.465 e. The van der Waals surface area contributed by atoms with Crippen molar-refractivity contribution in [3.63, 3.8) is 0 Å². The number of amides is 1. The summed E-state index contributed by atoms with van der Waals surface area (Å²) >= 11 is 3.24. The van der Waals surface area contributed by atoms with E-state index in [4.69, 9.17) is 0 Å². The molecule has 2 aromatic rings. The quantitative estimate of drug-likeness (QED) is 0.769. The van der Waals surface area contributed by atoms with E-state index in [-0.39, 0.29) is 22.6 Å². The summed E-state index contributed by atoms with van der Waals surface area (Å²) in [5, 5.41) is 2.58. The molecule has 0 saturated carbocycles. The summed E-state index contributed by atoms with van der Waals surface area (Å²) in [5.74, 6) is -1.17. The maximum absolute atomic E-state index is 12.2. The highest BCUT2D eigenvalue weighted by atomic mass is 79.9. The number of esters is 1. The Morgan fingerprint density at radius 2 is 1.79 bits per heavy atom. The van der Waals surface area contributed by atoms with E-state index < -0.39 is 18.5 Å². The minimum Gasteiger partial charge on any atom is -0.465 e. The molecule has 24 heavy (non-hydrogen) atoms. The molecule has 0 aromatic heterocycles. The third-order valence-electron chi connectivity index (χ3n) is 2.98. The number of hydrogen-bond donors (Lipinski definition) is 1. The maximum Gasteiger partial charge on any atom is 0.387 e. The van der Waals surface area contributed by atoms with Gasteiger partial charge in [0.15, 0.2) is 0 Å². The normalized spacial score (nSPS) is 10.4. The standard InChI is InChI=1S/C16H12BrF2NO4/c1-23-15(22)12-8-10(17)4-7-13(12)20-14(21)9-2-5-11(6-3-9)24-16(18)19/h2-8,16H,1H3,(H,20,21). The second kappa shape index (κ2) is 7.87. The van der Waals surface area contributed by atoms with Crippen LogP contribution >= 0.6 is 15.9 Å². The Bertz CT molecular complexity index is 750. The Morgan fingerprint density at radius 3 is 2.38 bits per heavy atom. The molecule has 2 aromatic carbocycles. The topological polar surface area (TPSA) is 64.6 Å². The first kappa shape index (κ1) is 17.9. The van der Waals surface area contributed by atoms with Crippen LogP contribution < -0.4 is 10.1 Å². The number of benzene rings is 2. The van der Waals surface area contributed by atoms with Crippen LogP contribution in [0.5, 0.6) is 5.75 Å². The lowest BCUT2D eigenvalue weighted by atomic mass is 10.1. The first-order valence-electron chi connectivity index (χ1n) is 6.65. The molecule has 0 heterocycles. The highest BCUT2D eigenvalue weighted by molar-refractivity contribution is 9.10. The number of alkyl halides is 2. The molecular weight excluding hydrogens is 388 g/mol. The van der Waals surface area contributed by atoms with E-state index in [9.17, 15) is 18.4 Å². The smallest absolute Gasteiger partial charge is 0.387 e. The van der Waals surface area contributed by atoms with Gasteiger partial charge >= 0.3 is 12.6 Å². The summed E-state index contributed by atoms with van der Waals surface area (Å²) in [6.45, 7) is -2.94. The average molecular weight is 400 g/mol. The number of ether oxygens (including phenoxy) is 2. The fourth-order valence-corrected chi connectivity index (χ4v) is 2.25. The van der Waals surface area contributed by atoms with E-state index in [0.717, 1.165) is 0 Å². The number of nitrogens with one attached hydrogen (secondary N) is 1. The van der Waals surface area contributed by atoms with Crippen LogP contribution in [0.1, 0.15) is 20.7 Å². The number of anilines is 1. The van der Waals surface area contributed by atoms with Crippen LogP contribution in [0.15, 0.2) is 46.9 Å². The molecule has 5 nitrogen and oxygen atoms in total. The van der Waals surface area contributed by atoms with Crippen LogP contribution in [0, 0.1) is 0 Å². The Balaban J connectivity index is 2.19. The molecule has 0 aliphatic carbocycles. The number of methoxy groups -OCH3 is 1. The van der Waals surface area contributed by atoms with Gasteiger partial charge in [-0.1, -0.05) is 15.9 Å². The summed E-state index contributed by atoms with van der Waals surface area (Å²) in [6.07, 6.45) is 0. The van der Waals surface area contributed by atoms with Crippen molar-refractivity contribution in [2.45, 2.75) is 6.61 Å². The van der Waals surface area contributed by atoms with Gasteiger partial charge < -0.3 is 14.8 Å². The van der Waals surface area contributed by atoms with Gasteiger partial charge in [-0.2, -0.15) is 8.78 Å². The summed E-state index contributed by atoms with van der Waals surface area (Å²) in [7, 11) is 1.23. The van der Waals surface area contributed by atoms with Crippen LogP contribution in [-0.4, -0.2) is 25.6 Å². The van der Waals surface area contributed by atoms with Crippen LogP contribution in [0.3, 0.4) is 0 Å². The van der Waals surface area contributed by atoms with Crippen LogP contribution in [-0.2, 0) is 4.74 Å². The number of hydrogen-bond acceptors (Lipinski definition) is 4. The first-order valence-corrected chi connectivity index (χ1v) is 7.44. The van der Waals surface area contributed by atoms with E-state index in [1.807, 2.05) is 0 Å². The number of rotatable bonds is 5. The zero-order valence-corrected chi connectivity index (χ0v) is 14.0. The second-order valence-electron chi connectivity index (χ2n) is 4.54. The fourth-order valence-electron chi connectivity index (χ4n) is 1.89. The van der Waals surface area contributed by atoms with Gasteiger partial charge in [-0.15, -0.1) is 0 Å². The van der Waals surface area contributed by atoms with Crippen molar-refractivity contribution in [3.05, 3.63) is 58.1 Å². The highest BCUT2D eigenvalue weighted by Gasteiger charge is 2.15. The monoisotopic (exact) mass is 399 g/mol. The van der Waals surface area contributed by atoms with Gasteiger partial charge in [0.05, 0.1) is 18.4 Å². The summed E-state index contributed by atoms with van der Waals surface area (Å²) in [4.78, 5) is 24.0. The predicted molar refractivity (Wildman–Crippen MR) is 86.5 cm³/mol. The molecule has 0 fully saturated rings. The van der Waals surface area contributed by atoms with E-state index in [1.165, 1.54) is 37.4 Å². The molecule has 0 radical (unpaired) electrons. The first-order chi connectivity index (χ1) is 11.4. The molecule has 0 aliphatic heterocycles. The van der Waals surface area contributed by atoms with E-state index in [1.54, 1.807) is 12.1 Å². The van der Waals surface area contributed by atoms with Gasteiger partial charge in [0, 0.05) is 10.0 Å². The maximum atomic E-state index is 12.2. The predicted octanol–water partition coefficient (Wildman–Crippen LogP) is 4.09. The van der Waals surface area contributed by atoms with Crippen LogP contribution in [0.2, 0.25) is 0 Å². The second-order valence-corrected chi connectivity index (χ2v) is 5.45. The molecule has 2 rings (SSSR count). The third kappa shape index (κ3) is 4.51. The van der Waals surface area contributed by atoms with Crippen molar-refractivity contribution < 1.29 is 27.8 Å². The molecule has 0 spiro atoms. The molecule has 8 heteroatoms. The van der Waals surface area contributed by atoms with Crippen molar-refractivity contribution in [1.82, 2.24) is 0 Å². The molecule has 1 N–H and O–H groups in total. The van der Waals surface area contributed by atoms with Gasteiger partial charge in [0.25, 0.3) is 5.91 Å². The minimum atomic E-state index is -2.94. The van der Waals surface area contributed by atoms with E-state index in [0.29, 0.717) is 4.47 Å². The van der Waals surface area contributed by atoms with Gasteiger partial charge in [0.2, 0.25) is 0 Å². The van der Waals surface area contributed by atoms with Crippen molar-refractivity contribution in [1.29, 1.82) is 0 Å². The molecule has 0 atom stereocenters. The Kier molecular flexibility index (Phi) is 5.86. The van der Waals surface area contributed by atoms with E-state index in [2.05, 4.69) is 30.7 Å². The van der Waals surface area contributed by atoms with Crippen molar-refractivity contribution >= 4 is 33.5 Å². The van der Waals surface area contributed by atoms with Gasteiger partial charge in [-0.25, -0.2) is 4.79 Å². The van der Waals surface area contributed by atoms with Crippen molar-refractivity contribution in [3.8, 4) is 5.75 Å². The molecule has 0 unspecified atom stereocenters. The zero-order valence-electron chi connectivity index (χ0n) is 12.4. The summed E-state index contributed by atoms with van der Waals surface area (Å²) < 4.78 is 33.7. The minimum absolute atomic E-state index is 0.0551. The highest BCUT2D eigenvalue weighted by Crippen LogP contribution is 2.23. The Hall–Kier alpha value is -2.48. The van der Waals surface area contributed by atoms with Crippen molar-refractivity contribution in [2.24, 2.45) is 0 Å². The van der Waals surface area contributed by atoms with Gasteiger partial charge in [-0.05, 0) is 42.5 Å². The Labute approximate surface area is 144 Å². The van der Waals surface area contributed by atoms with Gasteiger partial charge in [-0.3, -0.25) is 4.79 Å². The lowest BCUT2D eigenvalue weighted by Crippen LogP contribution is -2.15. The third-order valence-corrected chi connectivity index (χ3v) is 3.47. The summed E-state index contributed by atoms with van der Waals surface area (Å²) in [6, 6.07) is 9.90. The fraction of sp³-hybridized carbons (Fsp3) is 0.125. The molecule has 0 saturated heterocycles. The SMILES string of the molecule is COC(=O)c1cc(Br)ccc1NC(=O)c1ccc(OC(F)F)cc1. The van der Waals surface area contributed by atoms with Gasteiger partial charge in [0.1, 0.15) is 5.75 Å². The number of halogens is 3. The number of carbonyl (C=O) groups is 2. The Morgan fingerprint density at radius 1 is 1.12 bits per heavy atom. The number of carbonyl (C=O) groups excluding carboxylic acids is 2. The molecular formula is C16H12BrF2NO4. The zero-order chi connectivity index (χ0) is 17.7. The van der Waals surface area contributed by atoms with Crippen LogP contribution in [0.4, 0.5) is 14.5 Å². The van der Waals surface area contributed by atoms with Crippen molar-refractivity contribution in [2.75, 3.05) is 12.4 Å².